The molecule has 2 aliphatic rings. The van der Waals surface area contributed by atoms with Crippen LogP contribution in [0, 0.1) is 18.2 Å². The number of aliphatic carboxylic acids is 1. The van der Waals surface area contributed by atoms with Crippen LogP contribution in [0.3, 0.4) is 0 Å². The minimum atomic E-state index is -4.96. The van der Waals surface area contributed by atoms with Crippen molar-refractivity contribution in [3.05, 3.63) is 59.0 Å². The molecule has 34 heavy (non-hydrogen) atoms. The fourth-order valence-electron chi connectivity index (χ4n) is 5.58. The third kappa shape index (κ3) is 2.79. The van der Waals surface area contributed by atoms with Crippen LogP contribution in [0.2, 0.25) is 0 Å². The first-order valence-corrected chi connectivity index (χ1v) is 10.8. The second-order valence-electron chi connectivity index (χ2n) is 10.1. The number of aromatic hydroxyl groups is 1. The summed E-state index contributed by atoms with van der Waals surface area (Å²) in [5.74, 6) is -2.49. The number of carboxylic acids is 1. The van der Waals surface area contributed by atoms with Crippen LogP contribution in [-0.2, 0) is 20.5 Å². The van der Waals surface area contributed by atoms with Crippen LogP contribution in [0.1, 0.15) is 43.5 Å². The molecule has 1 spiro atoms. The van der Waals surface area contributed by atoms with Crippen LogP contribution in [0.25, 0.3) is 16.6 Å². The summed E-state index contributed by atoms with van der Waals surface area (Å²) in [6, 6.07) is 9.30. The molecule has 2 N–H and O–H groups in total. The van der Waals surface area contributed by atoms with Crippen molar-refractivity contribution in [1.82, 2.24) is 4.57 Å². The summed E-state index contributed by atoms with van der Waals surface area (Å²) >= 11 is 0. The first-order valence-electron chi connectivity index (χ1n) is 10.8. The highest BCUT2D eigenvalue weighted by Crippen LogP contribution is 2.67. The molecule has 2 heterocycles. The molecule has 1 saturated carbocycles. The van der Waals surface area contributed by atoms with E-state index in [1.807, 2.05) is 18.4 Å². The van der Waals surface area contributed by atoms with Crippen LogP contribution in [0.15, 0.2) is 36.4 Å². The number of phenols is 1. The van der Waals surface area contributed by atoms with Crippen molar-refractivity contribution < 1.29 is 37.3 Å². The van der Waals surface area contributed by atoms with Crippen LogP contribution in [0.5, 0.6) is 5.75 Å². The third-order valence-electron chi connectivity index (χ3n) is 7.30. The summed E-state index contributed by atoms with van der Waals surface area (Å²) in [6.45, 7) is 5.40. The number of halogens is 4. The van der Waals surface area contributed by atoms with Crippen molar-refractivity contribution in [2.24, 2.45) is 5.41 Å². The van der Waals surface area contributed by atoms with Crippen molar-refractivity contribution in [3.8, 4) is 11.4 Å². The van der Waals surface area contributed by atoms with Gasteiger partial charge >= 0.3 is 12.1 Å². The van der Waals surface area contributed by atoms with Gasteiger partial charge in [-0.25, -0.2) is 4.39 Å². The van der Waals surface area contributed by atoms with Gasteiger partial charge in [-0.1, -0.05) is 19.9 Å². The second kappa shape index (κ2) is 6.75. The largest absolute Gasteiger partial charge is 0.507 e. The second-order valence-corrected chi connectivity index (χ2v) is 10.1. The highest BCUT2D eigenvalue weighted by atomic mass is 19.4. The SMILES string of the molecule is Cc1cc(-n2c3c(c4c(O)cccc42)[C@]2(C[C@@](C(=O)O)(C(F)(F)F)C2)OCC3(C)C)ccc1F. The summed E-state index contributed by atoms with van der Waals surface area (Å²) in [5.41, 5.74) is -2.70. The van der Waals surface area contributed by atoms with E-state index in [-0.39, 0.29) is 12.4 Å². The predicted octanol–water partition coefficient (Wildman–Crippen LogP) is 5.71. The smallest absolute Gasteiger partial charge is 0.405 e. The van der Waals surface area contributed by atoms with Gasteiger partial charge in [0.25, 0.3) is 0 Å². The molecule has 0 saturated heterocycles. The predicted molar refractivity (Wildman–Crippen MR) is 116 cm³/mol. The molecule has 5 nitrogen and oxygen atoms in total. The number of hydrogen-bond donors (Lipinski definition) is 2. The highest BCUT2D eigenvalue weighted by Gasteiger charge is 2.75. The monoisotopic (exact) mass is 477 g/mol. The number of nitrogens with zero attached hydrogens (tertiary/aromatic N) is 1. The first kappa shape index (κ1) is 22.7. The Morgan fingerprint density at radius 1 is 1.15 bits per heavy atom. The summed E-state index contributed by atoms with van der Waals surface area (Å²) < 4.78 is 63.6. The minimum Gasteiger partial charge on any atom is -0.507 e. The molecule has 1 aromatic heterocycles. The molecule has 3 aromatic rings. The number of carboxylic acid groups (broad SMARTS) is 1. The summed E-state index contributed by atoms with van der Waals surface area (Å²) in [7, 11) is 0. The fraction of sp³-hybridized carbons (Fsp3) is 0.400. The molecule has 0 unspecified atom stereocenters. The molecule has 5 rings (SSSR count). The number of ether oxygens (including phenoxy) is 1. The van der Waals surface area contributed by atoms with Crippen molar-refractivity contribution in [1.29, 1.82) is 0 Å². The van der Waals surface area contributed by atoms with Crippen LogP contribution in [-0.4, -0.2) is 33.5 Å². The molecule has 0 bridgehead atoms. The third-order valence-corrected chi connectivity index (χ3v) is 7.30. The van der Waals surface area contributed by atoms with E-state index < -0.39 is 47.2 Å². The van der Waals surface area contributed by atoms with Gasteiger partial charge in [0.1, 0.15) is 11.6 Å². The van der Waals surface area contributed by atoms with E-state index in [1.54, 1.807) is 31.2 Å². The zero-order valence-corrected chi connectivity index (χ0v) is 18.8. The standard InChI is InChI=1S/C25H23F4NO4/c1-13-9-14(7-8-15(13)26)30-16-5-4-6-17(31)18(16)19-20(30)22(2,3)12-34-24(19)10-23(11-24,21(32)33)25(27,28)29/h4-9,31H,10-12H2,1-3H3,(H,32,33)/t23-,24-. The molecule has 1 fully saturated rings. The van der Waals surface area contributed by atoms with Gasteiger partial charge in [-0.2, -0.15) is 13.2 Å². The molecule has 1 aliphatic heterocycles. The van der Waals surface area contributed by atoms with Gasteiger partial charge in [0.05, 0.1) is 17.7 Å². The van der Waals surface area contributed by atoms with E-state index >= 15 is 0 Å². The van der Waals surface area contributed by atoms with E-state index in [2.05, 4.69) is 0 Å². The lowest BCUT2D eigenvalue weighted by atomic mass is 9.54. The molecule has 1 aliphatic carbocycles. The Labute approximate surface area is 192 Å². The molecule has 0 radical (unpaired) electrons. The Balaban J connectivity index is 1.84. The van der Waals surface area contributed by atoms with Crippen molar-refractivity contribution in [3.63, 3.8) is 0 Å². The number of aryl methyl sites for hydroxylation is 1. The Morgan fingerprint density at radius 2 is 1.82 bits per heavy atom. The minimum absolute atomic E-state index is 0.0464. The van der Waals surface area contributed by atoms with Gasteiger partial charge in [-0.15, -0.1) is 0 Å². The average Bonchev–Trinajstić information content (AvgIpc) is 3.06. The summed E-state index contributed by atoms with van der Waals surface area (Å²) in [6.07, 6.45) is -6.55. The Hall–Kier alpha value is -3.07. The summed E-state index contributed by atoms with van der Waals surface area (Å²) in [4.78, 5) is 11.8. The lowest BCUT2D eigenvalue weighted by molar-refractivity contribution is -0.307. The van der Waals surface area contributed by atoms with Crippen molar-refractivity contribution in [2.75, 3.05) is 6.61 Å². The summed E-state index contributed by atoms with van der Waals surface area (Å²) in [5, 5.41) is 20.7. The van der Waals surface area contributed by atoms with Crippen LogP contribution < -0.4 is 0 Å². The average molecular weight is 477 g/mol. The lowest BCUT2D eigenvalue weighted by Gasteiger charge is -2.57. The number of phenolic OH excluding ortho intramolecular Hbond substituents is 1. The topological polar surface area (TPSA) is 71.7 Å². The number of rotatable bonds is 2. The van der Waals surface area contributed by atoms with E-state index in [0.29, 0.717) is 33.4 Å². The Bertz CT molecular complexity index is 1350. The maximum absolute atomic E-state index is 14.0. The number of fused-ring (bicyclic) bond motifs is 4. The zero-order valence-electron chi connectivity index (χ0n) is 18.8. The molecular formula is C25H23F4NO4. The quantitative estimate of drug-likeness (QED) is 0.464. The molecule has 0 amide bonds. The van der Waals surface area contributed by atoms with Gasteiger partial charge < -0.3 is 19.5 Å². The molecule has 0 atom stereocenters. The molecule has 180 valence electrons. The number of benzene rings is 2. The molecule has 2 aromatic carbocycles. The van der Waals surface area contributed by atoms with E-state index in [0.717, 1.165) is 0 Å². The number of alkyl halides is 3. The Morgan fingerprint density at radius 3 is 2.41 bits per heavy atom. The van der Waals surface area contributed by atoms with Crippen molar-refractivity contribution >= 4 is 16.9 Å². The van der Waals surface area contributed by atoms with E-state index in [4.69, 9.17) is 4.74 Å². The zero-order chi connectivity index (χ0) is 24.8. The maximum atomic E-state index is 14.0. The number of carbonyl (C=O) groups is 1. The lowest BCUT2D eigenvalue weighted by Crippen LogP contribution is -2.64. The molecule has 9 heteroatoms. The Kier molecular flexibility index (Phi) is 4.51. The van der Waals surface area contributed by atoms with E-state index in [9.17, 15) is 32.6 Å². The van der Waals surface area contributed by atoms with Crippen molar-refractivity contribution in [2.45, 2.75) is 50.8 Å². The fourth-order valence-corrected chi connectivity index (χ4v) is 5.58. The first-order chi connectivity index (χ1) is 15.7. The normalized spacial score (nSPS) is 25.9. The van der Waals surface area contributed by atoms with E-state index in [1.165, 1.54) is 12.1 Å². The van der Waals surface area contributed by atoms with Crippen LogP contribution in [0.4, 0.5) is 17.6 Å². The van der Waals surface area contributed by atoms with Gasteiger partial charge in [0, 0.05) is 40.6 Å². The maximum Gasteiger partial charge on any atom is 0.405 e. The van der Waals surface area contributed by atoms with Gasteiger partial charge in [0.15, 0.2) is 5.41 Å². The highest BCUT2D eigenvalue weighted by molar-refractivity contribution is 5.94. The van der Waals surface area contributed by atoms with Gasteiger partial charge in [-0.3, -0.25) is 4.79 Å². The van der Waals surface area contributed by atoms with Gasteiger partial charge in [-0.05, 0) is 42.8 Å². The van der Waals surface area contributed by atoms with Gasteiger partial charge in [0.2, 0.25) is 0 Å². The molecular weight excluding hydrogens is 454 g/mol. The number of hydrogen-bond acceptors (Lipinski definition) is 3. The van der Waals surface area contributed by atoms with Crippen LogP contribution >= 0.6 is 0 Å². The number of aromatic nitrogens is 1.